The molecule has 0 amide bonds. The molecule has 106 valence electrons. The van der Waals surface area contributed by atoms with Crippen LogP contribution in [0.5, 0.6) is 0 Å². The number of sulfonamides is 1. The molecule has 2 rings (SSSR count). The van der Waals surface area contributed by atoms with E-state index >= 15 is 0 Å². The second-order valence-electron chi connectivity index (χ2n) is 4.40. The van der Waals surface area contributed by atoms with Crippen molar-refractivity contribution in [2.24, 2.45) is 0 Å². The average molecular weight is 291 g/mol. The Bertz CT molecular complexity index is 699. The minimum atomic E-state index is -3.72. The van der Waals surface area contributed by atoms with Gasteiger partial charge in [-0.15, -0.1) is 0 Å². The fourth-order valence-corrected chi connectivity index (χ4v) is 3.12. The molecule has 1 aromatic heterocycles. The predicted molar refractivity (Wildman–Crippen MR) is 79.9 cm³/mol. The number of nitrogens with two attached hydrogens (primary N) is 1. The Morgan fingerprint density at radius 3 is 2.65 bits per heavy atom. The van der Waals surface area contributed by atoms with E-state index in [0.717, 1.165) is 18.4 Å². The number of aryl methyl sites for hydroxylation is 1. The summed E-state index contributed by atoms with van der Waals surface area (Å²) in [6.45, 7) is 2.05. The van der Waals surface area contributed by atoms with Crippen LogP contribution in [0.3, 0.4) is 0 Å². The van der Waals surface area contributed by atoms with Crippen LogP contribution in [0, 0.1) is 0 Å². The molecule has 0 fully saturated rings. The summed E-state index contributed by atoms with van der Waals surface area (Å²) in [5, 5.41) is 0. The smallest absolute Gasteiger partial charge is 0.265 e. The summed E-state index contributed by atoms with van der Waals surface area (Å²) in [5.41, 5.74) is 7.17. The maximum absolute atomic E-state index is 12.3. The van der Waals surface area contributed by atoms with Crippen molar-refractivity contribution in [2.45, 2.75) is 24.7 Å². The summed E-state index contributed by atoms with van der Waals surface area (Å²) in [4.78, 5) is 3.80. The summed E-state index contributed by atoms with van der Waals surface area (Å²) < 4.78 is 27.3. The fraction of sp³-hybridized carbons (Fsp3) is 0.214. The molecule has 20 heavy (non-hydrogen) atoms. The molecule has 2 aromatic rings. The van der Waals surface area contributed by atoms with Gasteiger partial charge in [0.2, 0.25) is 0 Å². The van der Waals surface area contributed by atoms with Crippen LogP contribution < -0.4 is 10.5 Å². The Morgan fingerprint density at radius 2 is 1.95 bits per heavy atom. The second kappa shape index (κ2) is 5.92. The number of anilines is 2. The number of benzene rings is 1. The second-order valence-corrected chi connectivity index (χ2v) is 6.05. The van der Waals surface area contributed by atoms with Gasteiger partial charge in [-0.3, -0.25) is 4.72 Å². The van der Waals surface area contributed by atoms with Crippen LogP contribution >= 0.6 is 0 Å². The van der Waals surface area contributed by atoms with Gasteiger partial charge in [0.15, 0.2) is 0 Å². The zero-order chi connectivity index (χ0) is 14.6. The molecule has 0 saturated heterocycles. The summed E-state index contributed by atoms with van der Waals surface area (Å²) in [7, 11) is -3.72. The van der Waals surface area contributed by atoms with Gasteiger partial charge in [0.05, 0.1) is 5.69 Å². The molecule has 0 unspecified atom stereocenters. The number of rotatable bonds is 5. The van der Waals surface area contributed by atoms with Crippen LogP contribution in [0.1, 0.15) is 18.9 Å². The molecule has 0 saturated carbocycles. The van der Waals surface area contributed by atoms with Gasteiger partial charge in [-0.05, 0) is 30.2 Å². The predicted octanol–water partition coefficient (Wildman–Crippen LogP) is 2.42. The molecule has 3 N–H and O–H groups in total. The molecule has 0 atom stereocenters. The van der Waals surface area contributed by atoms with Gasteiger partial charge < -0.3 is 5.73 Å². The van der Waals surface area contributed by atoms with Crippen molar-refractivity contribution in [2.75, 3.05) is 10.5 Å². The van der Waals surface area contributed by atoms with E-state index in [4.69, 9.17) is 5.73 Å². The number of nitrogens with one attached hydrogen (secondary N) is 1. The maximum Gasteiger partial charge on any atom is 0.265 e. The number of pyridine rings is 1. The first kappa shape index (κ1) is 14.3. The summed E-state index contributed by atoms with van der Waals surface area (Å²) in [6, 6.07) is 10.3. The number of hydrogen-bond acceptors (Lipinski definition) is 4. The van der Waals surface area contributed by atoms with E-state index in [0.29, 0.717) is 5.69 Å². The van der Waals surface area contributed by atoms with E-state index in [2.05, 4.69) is 9.71 Å². The molecule has 6 heteroatoms. The first-order valence-electron chi connectivity index (χ1n) is 6.36. The molecule has 0 aliphatic carbocycles. The Labute approximate surface area is 118 Å². The van der Waals surface area contributed by atoms with Crippen LogP contribution in [0.25, 0.3) is 0 Å². The third-order valence-electron chi connectivity index (χ3n) is 2.87. The van der Waals surface area contributed by atoms with Crippen LogP contribution in [0.15, 0.2) is 47.5 Å². The lowest BCUT2D eigenvalue weighted by molar-refractivity contribution is 0.601. The van der Waals surface area contributed by atoms with Gasteiger partial charge in [-0.2, -0.15) is 0 Å². The molecular weight excluding hydrogens is 274 g/mol. The monoisotopic (exact) mass is 291 g/mol. The normalized spacial score (nSPS) is 11.2. The number of para-hydroxylation sites is 1. The first-order chi connectivity index (χ1) is 9.54. The lowest BCUT2D eigenvalue weighted by Crippen LogP contribution is -2.16. The van der Waals surface area contributed by atoms with E-state index in [1.165, 1.54) is 12.3 Å². The van der Waals surface area contributed by atoms with Gasteiger partial charge in [0.25, 0.3) is 10.0 Å². The maximum atomic E-state index is 12.3. The number of nitrogens with zero attached hydrogens (tertiary/aromatic N) is 1. The van der Waals surface area contributed by atoms with Crippen molar-refractivity contribution < 1.29 is 8.42 Å². The van der Waals surface area contributed by atoms with Crippen molar-refractivity contribution in [3.63, 3.8) is 0 Å². The Morgan fingerprint density at radius 1 is 1.20 bits per heavy atom. The molecule has 1 aromatic carbocycles. The van der Waals surface area contributed by atoms with Crippen LogP contribution in [-0.4, -0.2) is 13.4 Å². The van der Waals surface area contributed by atoms with Gasteiger partial charge in [0, 0.05) is 6.20 Å². The quantitative estimate of drug-likeness (QED) is 0.886. The van der Waals surface area contributed by atoms with E-state index in [9.17, 15) is 8.42 Å². The third kappa shape index (κ3) is 3.08. The lowest BCUT2D eigenvalue weighted by Gasteiger charge is -2.12. The standard InChI is InChI=1S/C14H17N3O2S/c1-2-6-11-7-3-4-8-12(11)17-20(18,19)13-9-5-10-16-14(13)15/h3-5,7-10,17H,2,6H2,1H3,(H2,15,16). The van der Waals surface area contributed by atoms with Crippen molar-refractivity contribution >= 4 is 21.5 Å². The van der Waals surface area contributed by atoms with Crippen LogP contribution in [0.4, 0.5) is 11.5 Å². The molecule has 0 spiro atoms. The van der Waals surface area contributed by atoms with Crippen molar-refractivity contribution in [3.8, 4) is 0 Å². The summed E-state index contributed by atoms with van der Waals surface area (Å²) >= 11 is 0. The highest BCUT2D eigenvalue weighted by Crippen LogP contribution is 2.23. The number of hydrogen-bond donors (Lipinski definition) is 2. The van der Waals surface area contributed by atoms with Gasteiger partial charge >= 0.3 is 0 Å². The lowest BCUT2D eigenvalue weighted by atomic mass is 10.1. The molecule has 0 aliphatic heterocycles. The highest BCUT2D eigenvalue weighted by atomic mass is 32.2. The van der Waals surface area contributed by atoms with Crippen LogP contribution in [0.2, 0.25) is 0 Å². The van der Waals surface area contributed by atoms with Crippen molar-refractivity contribution in [1.29, 1.82) is 0 Å². The first-order valence-corrected chi connectivity index (χ1v) is 7.84. The van der Waals surface area contributed by atoms with Gasteiger partial charge in [0.1, 0.15) is 10.7 Å². The summed E-state index contributed by atoms with van der Waals surface area (Å²) in [6.07, 6.45) is 3.20. The zero-order valence-electron chi connectivity index (χ0n) is 11.2. The van der Waals surface area contributed by atoms with E-state index in [1.54, 1.807) is 18.2 Å². The Balaban J connectivity index is 2.37. The minimum Gasteiger partial charge on any atom is -0.383 e. The largest absolute Gasteiger partial charge is 0.383 e. The SMILES string of the molecule is CCCc1ccccc1NS(=O)(=O)c1cccnc1N. The van der Waals surface area contributed by atoms with E-state index in [-0.39, 0.29) is 10.7 Å². The van der Waals surface area contributed by atoms with Gasteiger partial charge in [-0.1, -0.05) is 31.5 Å². The van der Waals surface area contributed by atoms with Crippen molar-refractivity contribution in [3.05, 3.63) is 48.2 Å². The number of aromatic nitrogens is 1. The molecule has 0 radical (unpaired) electrons. The molecular formula is C14H17N3O2S. The highest BCUT2D eigenvalue weighted by molar-refractivity contribution is 7.92. The van der Waals surface area contributed by atoms with E-state index in [1.807, 2.05) is 19.1 Å². The van der Waals surface area contributed by atoms with Crippen LogP contribution in [-0.2, 0) is 16.4 Å². The zero-order valence-corrected chi connectivity index (χ0v) is 12.0. The molecule has 1 heterocycles. The number of nitrogen functional groups attached to an aromatic ring is 1. The molecule has 0 aliphatic rings. The topological polar surface area (TPSA) is 85.1 Å². The Hall–Kier alpha value is -2.08. The molecule has 0 bridgehead atoms. The molecule has 5 nitrogen and oxygen atoms in total. The fourth-order valence-electron chi connectivity index (χ4n) is 1.94. The average Bonchev–Trinajstić information content (AvgIpc) is 2.41. The Kier molecular flexibility index (Phi) is 4.24. The summed E-state index contributed by atoms with van der Waals surface area (Å²) in [5.74, 6) is -0.00651. The third-order valence-corrected chi connectivity index (χ3v) is 4.28. The van der Waals surface area contributed by atoms with E-state index < -0.39 is 10.0 Å². The van der Waals surface area contributed by atoms with Crippen molar-refractivity contribution in [1.82, 2.24) is 4.98 Å². The minimum absolute atomic E-state index is 0.00651. The van der Waals surface area contributed by atoms with Gasteiger partial charge in [-0.25, -0.2) is 13.4 Å². The highest BCUT2D eigenvalue weighted by Gasteiger charge is 2.18.